The Kier molecular flexibility index (Phi) is 5.87. The molecule has 11 heteroatoms. The molecule has 0 unspecified atom stereocenters. The largest absolute Gasteiger partial charge is 0.466 e. The van der Waals surface area contributed by atoms with Crippen molar-refractivity contribution in [2.24, 2.45) is 0 Å². The summed E-state index contributed by atoms with van der Waals surface area (Å²) in [7, 11) is -2.46. The van der Waals surface area contributed by atoms with Crippen LogP contribution in [0.15, 0.2) is 48.7 Å². The number of imidazole rings is 1. The first-order chi connectivity index (χ1) is 16.2. The molecule has 4 rings (SSSR count). The van der Waals surface area contributed by atoms with Gasteiger partial charge in [-0.15, -0.1) is 0 Å². The predicted molar refractivity (Wildman–Crippen MR) is 129 cm³/mol. The summed E-state index contributed by atoms with van der Waals surface area (Å²) in [5.41, 5.74) is 5.89. The lowest BCUT2D eigenvalue weighted by Gasteiger charge is -2.36. The van der Waals surface area contributed by atoms with Gasteiger partial charge < -0.3 is 10.3 Å². The van der Waals surface area contributed by atoms with Crippen LogP contribution in [0.25, 0.3) is 33.8 Å². The van der Waals surface area contributed by atoms with Crippen LogP contribution in [0.5, 0.6) is 0 Å². The Morgan fingerprint density at radius 1 is 0.971 bits per heavy atom. The summed E-state index contributed by atoms with van der Waals surface area (Å²) in [6.07, 6.45) is -3.22. The maximum absolute atomic E-state index is 13.7. The number of benzene rings is 1. The molecule has 0 radical (unpaired) electrons. The van der Waals surface area contributed by atoms with E-state index in [1.54, 1.807) is 24.4 Å². The fourth-order valence-electron chi connectivity index (χ4n) is 3.29. The van der Waals surface area contributed by atoms with Gasteiger partial charge in [0.15, 0.2) is 11.5 Å². The Morgan fingerprint density at radius 3 is 2.31 bits per heavy atom. The van der Waals surface area contributed by atoms with Crippen molar-refractivity contribution in [3.05, 3.63) is 60.0 Å². The number of hydrogen-bond donors (Lipinski definition) is 1. The third-order valence-electron chi connectivity index (χ3n) is 6.23. The van der Waals surface area contributed by atoms with E-state index in [-0.39, 0.29) is 27.8 Å². The molecule has 0 aliphatic carbocycles. The number of rotatable bonds is 4. The van der Waals surface area contributed by atoms with Crippen LogP contribution >= 0.6 is 0 Å². The molecule has 0 saturated carbocycles. The summed E-state index contributed by atoms with van der Waals surface area (Å²) >= 11 is 0. The number of halogens is 4. The highest BCUT2D eigenvalue weighted by molar-refractivity contribution is 6.74. The second-order valence-corrected chi connectivity index (χ2v) is 14.4. The molecule has 0 aliphatic heterocycles. The number of nitrogens with zero attached hydrogens (tertiary/aromatic N) is 4. The molecule has 0 spiro atoms. The monoisotopic (exact) mass is 503 g/mol. The molecule has 0 fully saturated rings. The lowest BCUT2D eigenvalue weighted by atomic mass is 10.0. The smallest absolute Gasteiger partial charge is 0.417 e. The van der Waals surface area contributed by atoms with Gasteiger partial charge in [-0.05, 0) is 60.6 Å². The molecule has 35 heavy (non-hydrogen) atoms. The van der Waals surface area contributed by atoms with E-state index in [1.807, 2.05) is 13.1 Å². The van der Waals surface area contributed by atoms with Gasteiger partial charge in [-0.3, -0.25) is 0 Å². The first kappa shape index (κ1) is 24.6. The van der Waals surface area contributed by atoms with Crippen LogP contribution in [0.3, 0.4) is 0 Å². The van der Waals surface area contributed by atoms with Crippen LogP contribution in [0.1, 0.15) is 26.3 Å². The molecule has 184 valence electrons. The van der Waals surface area contributed by atoms with E-state index in [2.05, 4.69) is 35.7 Å². The first-order valence-electron chi connectivity index (χ1n) is 10.9. The predicted octanol–water partition coefficient (Wildman–Crippen LogP) is 6.33. The van der Waals surface area contributed by atoms with E-state index in [9.17, 15) is 17.6 Å². The molecule has 1 aromatic carbocycles. The second kappa shape index (κ2) is 8.33. The van der Waals surface area contributed by atoms with E-state index < -0.39 is 25.9 Å². The van der Waals surface area contributed by atoms with Crippen molar-refractivity contribution >= 4 is 25.3 Å². The molecule has 0 atom stereocenters. The van der Waals surface area contributed by atoms with Crippen LogP contribution in [0.2, 0.25) is 18.1 Å². The van der Waals surface area contributed by atoms with Crippen molar-refractivity contribution in [3.8, 4) is 22.6 Å². The van der Waals surface area contributed by atoms with Gasteiger partial charge in [-0.1, -0.05) is 20.8 Å². The SMILES string of the molecule is CC(C)(C)[Si](C)(C)On1c(-c2cccnc2N)nc2ccc(-c3ccc(F)cc3C(F)(F)F)nc21. The Hall–Kier alpha value is -3.47. The first-order valence-corrected chi connectivity index (χ1v) is 13.8. The average Bonchev–Trinajstić information content (AvgIpc) is 3.09. The van der Waals surface area contributed by atoms with Crippen LogP contribution in [-0.2, 0) is 6.18 Å². The summed E-state index contributed by atoms with van der Waals surface area (Å²) in [5, 5.41) is -0.195. The third-order valence-corrected chi connectivity index (χ3v) is 10.5. The molecule has 0 bridgehead atoms. The van der Waals surface area contributed by atoms with Gasteiger partial charge in [0.05, 0.1) is 16.8 Å². The minimum Gasteiger partial charge on any atom is -0.466 e. The molecular formula is C24H25F4N5OSi. The van der Waals surface area contributed by atoms with Crippen molar-refractivity contribution in [1.29, 1.82) is 0 Å². The van der Waals surface area contributed by atoms with Gasteiger partial charge in [-0.2, -0.15) is 17.9 Å². The number of hydrogen-bond acceptors (Lipinski definition) is 5. The maximum Gasteiger partial charge on any atom is 0.417 e. The summed E-state index contributed by atoms with van der Waals surface area (Å²) in [6.45, 7) is 10.2. The maximum atomic E-state index is 13.7. The fourth-order valence-corrected chi connectivity index (χ4v) is 4.19. The summed E-state index contributed by atoms with van der Waals surface area (Å²) in [5.74, 6) is -0.418. The van der Waals surface area contributed by atoms with E-state index in [0.717, 1.165) is 12.1 Å². The van der Waals surface area contributed by atoms with E-state index in [4.69, 9.17) is 10.3 Å². The zero-order valence-corrected chi connectivity index (χ0v) is 20.9. The number of nitrogen functional groups attached to an aromatic ring is 1. The quantitative estimate of drug-likeness (QED) is 0.260. The minimum atomic E-state index is -4.76. The van der Waals surface area contributed by atoms with Crippen molar-refractivity contribution in [2.45, 2.75) is 45.1 Å². The normalized spacial score (nSPS) is 12.8. The summed E-state index contributed by atoms with van der Waals surface area (Å²) in [6, 6.07) is 8.93. The van der Waals surface area contributed by atoms with Crippen LogP contribution < -0.4 is 10.3 Å². The molecule has 2 N–H and O–H groups in total. The second-order valence-electron chi connectivity index (χ2n) is 9.74. The lowest BCUT2D eigenvalue weighted by molar-refractivity contribution is -0.137. The fraction of sp³-hybridized carbons (Fsp3) is 0.292. The van der Waals surface area contributed by atoms with Gasteiger partial charge in [-0.25, -0.2) is 19.3 Å². The van der Waals surface area contributed by atoms with Gasteiger partial charge in [0.2, 0.25) is 0 Å². The standard InChI is InChI=1S/C24H25F4N5OSi/c1-23(2,3)35(4,5)34-33-21(16-7-6-12-30-20(16)29)32-19-11-10-18(31-22(19)33)15-9-8-14(25)13-17(15)24(26,27)28/h6-13H,1-5H3,(H2,29,30). The highest BCUT2D eigenvalue weighted by Gasteiger charge is 2.41. The Morgan fingerprint density at radius 2 is 1.69 bits per heavy atom. The number of nitrogens with two attached hydrogens (primary N) is 1. The highest BCUT2D eigenvalue weighted by Crippen LogP contribution is 2.39. The lowest BCUT2D eigenvalue weighted by Crippen LogP contribution is -2.48. The van der Waals surface area contributed by atoms with Crippen LogP contribution in [0, 0.1) is 5.82 Å². The molecule has 3 aromatic heterocycles. The molecule has 0 amide bonds. The van der Waals surface area contributed by atoms with Gasteiger partial charge in [0.1, 0.15) is 17.2 Å². The zero-order valence-electron chi connectivity index (χ0n) is 19.9. The van der Waals surface area contributed by atoms with Gasteiger partial charge in [0.25, 0.3) is 8.32 Å². The van der Waals surface area contributed by atoms with E-state index in [1.165, 1.54) is 10.8 Å². The van der Waals surface area contributed by atoms with Crippen LogP contribution in [0.4, 0.5) is 23.4 Å². The molecule has 6 nitrogen and oxygen atoms in total. The highest BCUT2D eigenvalue weighted by atomic mass is 28.4. The van der Waals surface area contributed by atoms with E-state index in [0.29, 0.717) is 23.0 Å². The third kappa shape index (κ3) is 4.60. The molecule has 4 aromatic rings. The summed E-state index contributed by atoms with van der Waals surface area (Å²) < 4.78 is 62.7. The van der Waals surface area contributed by atoms with Crippen molar-refractivity contribution in [1.82, 2.24) is 19.7 Å². The molecule has 0 saturated heterocycles. The van der Waals surface area contributed by atoms with Crippen molar-refractivity contribution < 1.29 is 22.1 Å². The Labute approximate surface area is 200 Å². The average molecular weight is 504 g/mol. The Balaban J connectivity index is 1.99. The topological polar surface area (TPSA) is 78.9 Å². The number of fused-ring (bicyclic) bond motifs is 1. The van der Waals surface area contributed by atoms with E-state index >= 15 is 0 Å². The molecular weight excluding hydrogens is 478 g/mol. The summed E-state index contributed by atoms with van der Waals surface area (Å²) in [4.78, 5) is 13.3. The van der Waals surface area contributed by atoms with Gasteiger partial charge >= 0.3 is 6.18 Å². The number of aromatic nitrogens is 4. The molecule has 0 aliphatic rings. The Bertz CT molecular complexity index is 1410. The van der Waals surface area contributed by atoms with Crippen LogP contribution in [-0.4, -0.2) is 28.0 Å². The number of alkyl halides is 3. The number of pyridine rings is 2. The van der Waals surface area contributed by atoms with Crippen molar-refractivity contribution in [2.75, 3.05) is 5.73 Å². The minimum absolute atomic E-state index is 0.00974. The zero-order chi connectivity index (χ0) is 25.8. The van der Waals surface area contributed by atoms with Crippen molar-refractivity contribution in [3.63, 3.8) is 0 Å². The van der Waals surface area contributed by atoms with Gasteiger partial charge in [0, 0.05) is 11.8 Å². The number of anilines is 1. The molecule has 3 heterocycles.